The standard InChI is InChI=1S/C17H14N2OS/c20-10-4-7-16-8-9-17(21-16)13-19-12-15(11-18-19)14-5-2-1-3-6-14/h1-3,5-6,8-9,11-12,20H,10,13H2. The van der Waals surface area contributed by atoms with E-state index in [4.69, 9.17) is 5.11 Å². The molecule has 0 fully saturated rings. The molecule has 3 rings (SSSR count). The summed E-state index contributed by atoms with van der Waals surface area (Å²) in [6.07, 6.45) is 3.93. The van der Waals surface area contributed by atoms with Crippen LogP contribution < -0.4 is 0 Å². The van der Waals surface area contributed by atoms with Gasteiger partial charge in [-0.05, 0) is 17.7 Å². The van der Waals surface area contributed by atoms with Crippen LogP contribution in [-0.4, -0.2) is 21.5 Å². The normalized spacial score (nSPS) is 10.1. The van der Waals surface area contributed by atoms with Crippen molar-refractivity contribution in [2.24, 2.45) is 0 Å². The van der Waals surface area contributed by atoms with E-state index < -0.39 is 0 Å². The Labute approximate surface area is 127 Å². The maximum atomic E-state index is 8.70. The summed E-state index contributed by atoms with van der Waals surface area (Å²) in [5.74, 6) is 5.58. The predicted molar refractivity (Wildman–Crippen MR) is 85.0 cm³/mol. The van der Waals surface area contributed by atoms with E-state index in [-0.39, 0.29) is 6.61 Å². The number of hydrogen-bond donors (Lipinski definition) is 1. The Morgan fingerprint density at radius 1 is 1.10 bits per heavy atom. The lowest BCUT2D eigenvalue weighted by Crippen LogP contribution is -1.97. The molecule has 21 heavy (non-hydrogen) atoms. The van der Waals surface area contributed by atoms with Crippen LogP contribution in [0.1, 0.15) is 9.75 Å². The highest BCUT2D eigenvalue weighted by atomic mass is 32.1. The van der Waals surface area contributed by atoms with Gasteiger partial charge in [0.25, 0.3) is 0 Å². The summed E-state index contributed by atoms with van der Waals surface area (Å²) in [5.41, 5.74) is 2.29. The summed E-state index contributed by atoms with van der Waals surface area (Å²) < 4.78 is 1.93. The van der Waals surface area contributed by atoms with Crippen molar-refractivity contribution in [1.82, 2.24) is 9.78 Å². The van der Waals surface area contributed by atoms with Crippen LogP contribution in [0.3, 0.4) is 0 Å². The zero-order valence-corrected chi connectivity index (χ0v) is 12.2. The molecule has 0 saturated carbocycles. The van der Waals surface area contributed by atoms with E-state index in [1.54, 1.807) is 11.3 Å². The second-order valence-electron chi connectivity index (χ2n) is 4.52. The highest BCUT2D eigenvalue weighted by Gasteiger charge is 2.03. The van der Waals surface area contributed by atoms with Crippen LogP contribution in [0.25, 0.3) is 11.1 Å². The Kier molecular flexibility index (Phi) is 4.15. The fourth-order valence-corrected chi connectivity index (χ4v) is 2.92. The Bertz CT molecular complexity index is 778. The zero-order valence-electron chi connectivity index (χ0n) is 11.4. The maximum Gasteiger partial charge on any atom is 0.104 e. The molecule has 4 heteroatoms. The largest absolute Gasteiger partial charge is 0.384 e. The van der Waals surface area contributed by atoms with E-state index in [1.165, 1.54) is 10.4 Å². The molecule has 2 aromatic heterocycles. The first-order chi connectivity index (χ1) is 10.3. The summed E-state index contributed by atoms with van der Waals surface area (Å²) in [7, 11) is 0. The minimum absolute atomic E-state index is 0.104. The highest BCUT2D eigenvalue weighted by Crippen LogP contribution is 2.20. The van der Waals surface area contributed by atoms with Crippen LogP contribution in [0.4, 0.5) is 0 Å². The first-order valence-electron chi connectivity index (χ1n) is 6.61. The van der Waals surface area contributed by atoms with Crippen molar-refractivity contribution in [3.63, 3.8) is 0 Å². The third kappa shape index (κ3) is 3.40. The van der Waals surface area contributed by atoms with Gasteiger partial charge in [0.05, 0.1) is 17.6 Å². The highest BCUT2D eigenvalue weighted by molar-refractivity contribution is 7.12. The smallest absolute Gasteiger partial charge is 0.104 e. The average molecular weight is 294 g/mol. The van der Waals surface area contributed by atoms with Gasteiger partial charge in [-0.1, -0.05) is 42.2 Å². The van der Waals surface area contributed by atoms with E-state index in [0.717, 1.165) is 17.0 Å². The van der Waals surface area contributed by atoms with E-state index in [0.29, 0.717) is 0 Å². The molecular weight excluding hydrogens is 280 g/mol. The fourth-order valence-electron chi connectivity index (χ4n) is 2.05. The molecule has 1 N–H and O–H groups in total. The van der Waals surface area contributed by atoms with Crippen molar-refractivity contribution >= 4 is 11.3 Å². The van der Waals surface area contributed by atoms with Crippen molar-refractivity contribution < 1.29 is 5.11 Å². The Morgan fingerprint density at radius 2 is 1.95 bits per heavy atom. The van der Waals surface area contributed by atoms with Gasteiger partial charge in [-0.3, -0.25) is 4.68 Å². The summed E-state index contributed by atoms with van der Waals surface area (Å²) in [6, 6.07) is 14.2. The van der Waals surface area contributed by atoms with Crippen molar-refractivity contribution in [3.05, 3.63) is 64.6 Å². The molecule has 0 aliphatic heterocycles. The maximum absolute atomic E-state index is 8.70. The summed E-state index contributed by atoms with van der Waals surface area (Å²) in [4.78, 5) is 2.16. The molecule has 0 saturated heterocycles. The second-order valence-corrected chi connectivity index (χ2v) is 5.69. The molecule has 3 aromatic rings. The number of nitrogens with zero attached hydrogens (tertiary/aromatic N) is 2. The number of aliphatic hydroxyl groups excluding tert-OH is 1. The van der Waals surface area contributed by atoms with Gasteiger partial charge in [-0.25, -0.2) is 0 Å². The van der Waals surface area contributed by atoms with Crippen molar-refractivity contribution in [3.8, 4) is 23.0 Å². The molecule has 1 aromatic carbocycles. The molecule has 0 aliphatic rings. The third-order valence-corrected chi connectivity index (χ3v) is 4.00. The van der Waals surface area contributed by atoms with E-state index in [2.05, 4.69) is 35.1 Å². The van der Waals surface area contributed by atoms with E-state index in [9.17, 15) is 0 Å². The molecule has 104 valence electrons. The van der Waals surface area contributed by atoms with Gasteiger partial charge >= 0.3 is 0 Å². The van der Waals surface area contributed by atoms with E-state index >= 15 is 0 Å². The molecule has 0 spiro atoms. The Hall–Kier alpha value is -2.35. The van der Waals surface area contributed by atoms with Gasteiger partial charge in [0.1, 0.15) is 6.61 Å². The number of thiophene rings is 1. The van der Waals surface area contributed by atoms with Gasteiger partial charge in [-0.2, -0.15) is 5.10 Å². The Balaban J connectivity index is 1.74. The number of aromatic nitrogens is 2. The van der Waals surface area contributed by atoms with Gasteiger partial charge in [0.2, 0.25) is 0 Å². The second kappa shape index (κ2) is 6.40. The topological polar surface area (TPSA) is 38.0 Å². The molecular formula is C17H14N2OS. The number of aliphatic hydroxyl groups is 1. The minimum Gasteiger partial charge on any atom is -0.384 e. The van der Waals surface area contributed by atoms with Crippen molar-refractivity contribution in [2.75, 3.05) is 6.61 Å². The average Bonchev–Trinajstić information content (AvgIpc) is 3.16. The van der Waals surface area contributed by atoms with Crippen LogP contribution in [0, 0.1) is 11.8 Å². The molecule has 0 aliphatic carbocycles. The van der Waals surface area contributed by atoms with Crippen LogP contribution in [-0.2, 0) is 6.54 Å². The quantitative estimate of drug-likeness (QED) is 0.754. The number of hydrogen-bond acceptors (Lipinski definition) is 3. The van der Waals surface area contributed by atoms with Crippen LogP contribution in [0.2, 0.25) is 0 Å². The lowest BCUT2D eigenvalue weighted by molar-refractivity contribution is 0.350. The molecule has 0 amide bonds. The van der Waals surface area contributed by atoms with Gasteiger partial charge in [0, 0.05) is 16.6 Å². The Morgan fingerprint density at radius 3 is 2.76 bits per heavy atom. The summed E-state index contributed by atoms with van der Waals surface area (Å²) in [5, 5.41) is 13.1. The first-order valence-corrected chi connectivity index (χ1v) is 7.43. The lowest BCUT2D eigenvalue weighted by atomic mass is 10.1. The monoisotopic (exact) mass is 294 g/mol. The lowest BCUT2D eigenvalue weighted by Gasteiger charge is -1.97. The van der Waals surface area contributed by atoms with Gasteiger partial charge in [-0.15, -0.1) is 11.3 Å². The van der Waals surface area contributed by atoms with Gasteiger partial charge in [0.15, 0.2) is 0 Å². The summed E-state index contributed by atoms with van der Waals surface area (Å²) >= 11 is 1.63. The van der Waals surface area contributed by atoms with E-state index in [1.807, 2.05) is 41.3 Å². The first kappa shape index (κ1) is 13.6. The fraction of sp³-hybridized carbons (Fsp3) is 0.118. The molecule has 0 atom stereocenters. The summed E-state index contributed by atoms with van der Waals surface area (Å²) in [6.45, 7) is 0.630. The minimum atomic E-state index is -0.104. The van der Waals surface area contributed by atoms with Gasteiger partial charge < -0.3 is 5.11 Å². The van der Waals surface area contributed by atoms with Crippen molar-refractivity contribution in [1.29, 1.82) is 0 Å². The predicted octanol–water partition coefficient (Wildman–Crippen LogP) is 3.00. The third-order valence-electron chi connectivity index (χ3n) is 3.01. The van der Waals surface area contributed by atoms with Crippen LogP contribution in [0.15, 0.2) is 54.9 Å². The molecule has 3 nitrogen and oxygen atoms in total. The molecule has 0 radical (unpaired) electrons. The SMILES string of the molecule is OCC#Cc1ccc(Cn2cc(-c3ccccc3)cn2)s1. The molecule has 2 heterocycles. The van der Waals surface area contributed by atoms with Crippen LogP contribution in [0.5, 0.6) is 0 Å². The molecule has 0 unspecified atom stereocenters. The number of benzene rings is 1. The zero-order chi connectivity index (χ0) is 14.5. The van der Waals surface area contributed by atoms with Crippen molar-refractivity contribution in [2.45, 2.75) is 6.54 Å². The van der Waals surface area contributed by atoms with Crippen LogP contribution >= 0.6 is 11.3 Å². The number of rotatable bonds is 3. The molecule has 0 bridgehead atoms.